The average molecular weight is 603 g/mol. The van der Waals surface area contributed by atoms with Crippen molar-refractivity contribution in [2.24, 2.45) is 5.92 Å². The molecule has 1 aromatic carbocycles. The molecule has 2 aromatic heterocycles. The van der Waals surface area contributed by atoms with Crippen LogP contribution < -0.4 is 4.90 Å². The van der Waals surface area contributed by atoms with Crippen LogP contribution in [0.4, 0.5) is 5.82 Å². The fourth-order valence-corrected chi connectivity index (χ4v) is 8.19. The van der Waals surface area contributed by atoms with Crippen LogP contribution in [0, 0.1) is 5.92 Å². The molecule has 1 saturated heterocycles. The molecule has 3 heterocycles. The van der Waals surface area contributed by atoms with E-state index < -0.39 is 51.9 Å². The zero-order valence-corrected chi connectivity index (χ0v) is 23.2. The van der Waals surface area contributed by atoms with Gasteiger partial charge in [-0.25, -0.2) is 4.68 Å². The minimum atomic E-state index is -4.80. The Labute approximate surface area is 228 Å². The maximum absolute atomic E-state index is 12.0. The summed E-state index contributed by atoms with van der Waals surface area (Å²) >= 11 is 6.35. The molecular formula is C22H29ClN6O8P2. The van der Waals surface area contributed by atoms with Crippen LogP contribution in [0.2, 0.25) is 5.28 Å². The number of hydrogen-bond donors (Lipinski definition) is 5. The van der Waals surface area contributed by atoms with Crippen molar-refractivity contribution in [1.29, 1.82) is 0 Å². The van der Waals surface area contributed by atoms with Crippen LogP contribution in [0.3, 0.4) is 0 Å². The number of aliphatic hydroxyl groups is 2. The summed E-state index contributed by atoms with van der Waals surface area (Å²) in [6.45, 7) is 0.206. The van der Waals surface area contributed by atoms with Crippen LogP contribution in [0.15, 0.2) is 30.3 Å². The van der Waals surface area contributed by atoms with Crippen molar-refractivity contribution < 1.29 is 38.5 Å². The van der Waals surface area contributed by atoms with Crippen LogP contribution in [0.1, 0.15) is 43.3 Å². The molecule has 17 heteroatoms. The predicted molar refractivity (Wildman–Crippen MR) is 140 cm³/mol. The van der Waals surface area contributed by atoms with Gasteiger partial charge in [-0.15, -0.1) is 5.10 Å². The monoisotopic (exact) mass is 602 g/mol. The number of aromatic nitrogens is 5. The average Bonchev–Trinajstić information content (AvgIpc) is 3.42. The number of benzene rings is 1. The van der Waals surface area contributed by atoms with E-state index >= 15 is 0 Å². The number of hydrogen-bond acceptors (Lipinski definition) is 10. The Morgan fingerprint density at radius 3 is 2.51 bits per heavy atom. The van der Waals surface area contributed by atoms with Crippen molar-refractivity contribution in [3.05, 3.63) is 41.2 Å². The summed E-state index contributed by atoms with van der Waals surface area (Å²) in [5, 5.41) is 29.9. The third-order valence-electron chi connectivity index (χ3n) is 7.18. The topological polar surface area (TPSA) is 204 Å². The summed E-state index contributed by atoms with van der Waals surface area (Å²) in [7, 11) is -9.43. The maximum atomic E-state index is 12.0. The fraction of sp³-hybridized carbons (Fsp3) is 0.545. The molecule has 0 spiro atoms. The molecule has 0 amide bonds. The van der Waals surface area contributed by atoms with Crippen molar-refractivity contribution >= 4 is 43.8 Å². The lowest BCUT2D eigenvalue weighted by atomic mass is 9.95. The fourth-order valence-electron chi connectivity index (χ4n) is 5.41. The van der Waals surface area contributed by atoms with E-state index in [2.05, 4.69) is 37.3 Å². The second-order valence-corrected chi connectivity index (χ2v) is 14.3. The maximum Gasteiger partial charge on any atom is 0.340 e. The normalized spacial score (nSPS) is 27.6. The van der Waals surface area contributed by atoms with Gasteiger partial charge in [0, 0.05) is 12.5 Å². The van der Waals surface area contributed by atoms with E-state index in [-0.39, 0.29) is 23.4 Å². The zero-order valence-electron chi connectivity index (χ0n) is 20.6. The molecule has 5 N–H and O–H groups in total. The highest BCUT2D eigenvalue weighted by Gasteiger charge is 2.45. The first-order valence-corrected chi connectivity index (χ1v) is 16.3. The van der Waals surface area contributed by atoms with Crippen molar-refractivity contribution in [3.8, 4) is 0 Å². The van der Waals surface area contributed by atoms with E-state index in [0.29, 0.717) is 11.3 Å². The van der Waals surface area contributed by atoms with E-state index in [1.807, 2.05) is 18.2 Å². The SMILES string of the molecule is O=P(O)(O)CP(=O)(O)OC[C@H]1C[C@@H](n2nnc3c(N4CCCC[C@@H]4c4ccccc4)nc(Cl)nc32)[C@H](O)[C@@H]1O. The summed E-state index contributed by atoms with van der Waals surface area (Å²) < 4.78 is 29.4. The Kier molecular flexibility index (Phi) is 8.13. The van der Waals surface area contributed by atoms with Gasteiger partial charge in [0.05, 0.1) is 24.8 Å². The molecule has 1 unspecified atom stereocenters. The summed E-state index contributed by atoms with van der Waals surface area (Å²) in [6.07, 6.45) is 0.247. The van der Waals surface area contributed by atoms with Crippen LogP contribution in [0.5, 0.6) is 0 Å². The number of halogens is 1. The number of aliphatic hydroxyl groups excluding tert-OH is 2. The molecule has 39 heavy (non-hydrogen) atoms. The van der Waals surface area contributed by atoms with E-state index in [1.165, 1.54) is 4.68 Å². The number of nitrogens with zero attached hydrogens (tertiary/aromatic N) is 6. The van der Waals surface area contributed by atoms with E-state index in [0.717, 1.165) is 31.4 Å². The third-order valence-corrected chi connectivity index (χ3v) is 10.8. The van der Waals surface area contributed by atoms with Gasteiger partial charge in [0.2, 0.25) is 5.28 Å². The second kappa shape index (κ2) is 11.1. The largest absolute Gasteiger partial charge is 0.390 e. The Morgan fingerprint density at radius 1 is 1.05 bits per heavy atom. The standard InChI is InChI=1S/C22H29ClN6O8P2/c23-22-24-20(28-9-5-4-8-15(28)13-6-2-1-3-7-13)17-21(25-22)29(27-26-17)16-10-14(18(30)19(16)31)11-37-39(35,36)12-38(32,33)34/h1-3,6-7,14-16,18-19,30-31H,4-5,8-12H2,(H,35,36)(H2,32,33,34)/t14-,15-,16-,18-,19+/m1/s1. The smallest absolute Gasteiger partial charge is 0.340 e. The molecule has 212 valence electrons. The van der Waals surface area contributed by atoms with E-state index in [1.54, 1.807) is 0 Å². The van der Waals surface area contributed by atoms with Crippen LogP contribution in [-0.2, 0) is 13.7 Å². The molecule has 1 aliphatic carbocycles. The minimum absolute atomic E-state index is 0.0370. The molecule has 2 fully saturated rings. The number of piperidine rings is 1. The highest BCUT2D eigenvalue weighted by atomic mass is 35.5. The van der Waals surface area contributed by atoms with Crippen LogP contribution in [-0.4, -0.2) is 81.1 Å². The molecule has 0 radical (unpaired) electrons. The Bertz CT molecular complexity index is 1420. The summed E-state index contributed by atoms with van der Waals surface area (Å²) in [5.74, 6) is -1.67. The first-order valence-electron chi connectivity index (χ1n) is 12.4. The first-order chi connectivity index (χ1) is 18.4. The molecule has 1 aliphatic heterocycles. The van der Waals surface area contributed by atoms with Gasteiger partial charge in [-0.1, -0.05) is 35.5 Å². The summed E-state index contributed by atoms with van der Waals surface area (Å²) in [4.78, 5) is 38.7. The van der Waals surface area contributed by atoms with Crippen molar-refractivity contribution in [3.63, 3.8) is 0 Å². The Balaban J connectivity index is 1.42. The minimum Gasteiger partial charge on any atom is -0.390 e. The first kappa shape index (κ1) is 28.5. The highest BCUT2D eigenvalue weighted by Crippen LogP contribution is 2.56. The summed E-state index contributed by atoms with van der Waals surface area (Å²) in [5.41, 5.74) is 1.77. The van der Waals surface area contributed by atoms with Gasteiger partial charge in [0.15, 0.2) is 22.9 Å². The number of anilines is 1. The van der Waals surface area contributed by atoms with Crippen molar-refractivity contribution in [2.45, 2.75) is 50.0 Å². The molecule has 3 aromatic rings. The second-order valence-electron chi connectivity index (χ2n) is 9.92. The predicted octanol–water partition coefficient (Wildman–Crippen LogP) is 2.23. The van der Waals surface area contributed by atoms with Gasteiger partial charge in [0.25, 0.3) is 0 Å². The zero-order chi connectivity index (χ0) is 27.9. The lowest BCUT2D eigenvalue weighted by Gasteiger charge is -2.37. The molecular weight excluding hydrogens is 574 g/mol. The molecule has 1 saturated carbocycles. The van der Waals surface area contributed by atoms with Gasteiger partial charge in [-0.05, 0) is 42.8 Å². The molecule has 6 atom stereocenters. The molecule has 2 aliphatic rings. The Hall–Kier alpha value is -1.99. The lowest BCUT2D eigenvalue weighted by molar-refractivity contribution is -0.00362. The van der Waals surface area contributed by atoms with Gasteiger partial charge in [-0.2, -0.15) is 9.97 Å². The van der Waals surface area contributed by atoms with E-state index in [9.17, 15) is 24.2 Å². The van der Waals surface area contributed by atoms with Crippen molar-refractivity contribution in [2.75, 3.05) is 24.0 Å². The molecule has 14 nitrogen and oxygen atoms in total. The van der Waals surface area contributed by atoms with Crippen LogP contribution >= 0.6 is 26.8 Å². The number of rotatable bonds is 8. The quantitative estimate of drug-likeness (QED) is 0.185. The van der Waals surface area contributed by atoms with Gasteiger partial charge in [-0.3, -0.25) is 9.13 Å². The van der Waals surface area contributed by atoms with E-state index in [4.69, 9.17) is 25.9 Å². The molecule has 5 rings (SSSR count). The number of fused-ring (bicyclic) bond motifs is 1. The van der Waals surface area contributed by atoms with Crippen molar-refractivity contribution in [1.82, 2.24) is 25.0 Å². The summed E-state index contributed by atoms with van der Waals surface area (Å²) in [6, 6.07) is 9.25. The van der Waals surface area contributed by atoms with Gasteiger partial charge in [0.1, 0.15) is 6.10 Å². The lowest BCUT2D eigenvalue weighted by Crippen LogP contribution is -2.34. The molecule has 0 bridgehead atoms. The van der Waals surface area contributed by atoms with Gasteiger partial charge < -0.3 is 34.3 Å². The third kappa shape index (κ3) is 6.19. The Morgan fingerprint density at radius 2 is 1.79 bits per heavy atom. The highest BCUT2D eigenvalue weighted by molar-refractivity contribution is 7.70. The van der Waals surface area contributed by atoms with Gasteiger partial charge >= 0.3 is 15.2 Å². The van der Waals surface area contributed by atoms with Crippen LogP contribution in [0.25, 0.3) is 11.2 Å².